The van der Waals surface area contributed by atoms with E-state index in [0.717, 1.165) is 33.5 Å². The molecule has 0 aliphatic carbocycles. The molecule has 0 aliphatic heterocycles. The molecule has 7 heteroatoms. The monoisotopic (exact) mass is 296 g/mol. The molecular weight excluding hydrogens is 280 g/mol. The first-order valence-corrected chi connectivity index (χ1v) is 7.08. The second-order valence-electron chi connectivity index (χ2n) is 6.50. The number of fused-ring (bicyclic) bond motifs is 2. The summed E-state index contributed by atoms with van der Waals surface area (Å²) < 4.78 is 0. The van der Waals surface area contributed by atoms with Crippen LogP contribution in [0.1, 0.15) is 26.5 Å². The molecule has 7 nitrogen and oxygen atoms in total. The van der Waals surface area contributed by atoms with Gasteiger partial charge >= 0.3 is 5.69 Å². The Bertz CT molecular complexity index is 985. The van der Waals surface area contributed by atoms with E-state index in [1.807, 2.05) is 18.2 Å². The van der Waals surface area contributed by atoms with Crippen LogP contribution in [0.4, 0.5) is 0 Å². The van der Waals surface area contributed by atoms with Gasteiger partial charge in [-0.3, -0.25) is 5.10 Å². The van der Waals surface area contributed by atoms with Crippen molar-refractivity contribution in [3.8, 4) is 11.5 Å². The van der Waals surface area contributed by atoms with Gasteiger partial charge in [0.2, 0.25) is 0 Å². The lowest BCUT2D eigenvalue weighted by molar-refractivity contribution is 0.567. The summed E-state index contributed by atoms with van der Waals surface area (Å²) in [7, 11) is 0. The third kappa shape index (κ3) is 1.93. The summed E-state index contributed by atoms with van der Waals surface area (Å²) in [6, 6.07) is 5.72. The third-order valence-electron chi connectivity index (χ3n) is 3.75. The number of hydrogen-bond acceptors (Lipinski definition) is 3. The molecule has 0 saturated carbocycles. The van der Waals surface area contributed by atoms with Crippen molar-refractivity contribution in [3.05, 3.63) is 34.4 Å². The number of benzene rings is 1. The second kappa shape index (κ2) is 4.09. The van der Waals surface area contributed by atoms with Gasteiger partial charge in [-0.2, -0.15) is 5.10 Å². The average Bonchev–Trinajstić information content (AvgIpc) is 3.10. The minimum atomic E-state index is -0.218. The van der Waals surface area contributed by atoms with E-state index in [9.17, 15) is 4.79 Å². The van der Waals surface area contributed by atoms with Crippen LogP contribution in [0, 0.1) is 0 Å². The van der Waals surface area contributed by atoms with Crippen molar-refractivity contribution in [1.29, 1.82) is 0 Å². The lowest BCUT2D eigenvalue weighted by Gasteiger charge is -2.14. The summed E-state index contributed by atoms with van der Waals surface area (Å²) in [5.74, 6) is 0.705. The van der Waals surface area contributed by atoms with Crippen molar-refractivity contribution in [3.63, 3.8) is 0 Å². The molecule has 0 bridgehead atoms. The number of aromatic amines is 4. The number of hydrogen-bond donors (Lipinski definition) is 4. The fourth-order valence-electron chi connectivity index (χ4n) is 2.49. The fourth-order valence-corrected chi connectivity index (χ4v) is 2.49. The summed E-state index contributed by atoms with van der Waals surface area (Å²) in [5.41, 5.74) is 4.77. The Labute approximate surface area is 125 Å². The molecule has 3 heterocycles. The fraction of sp³-hybridized carbons (Fsp3) is 0.267. The zero-order valence-electron chi connectivity index (χ0n) is 12.5. The largest absolute Gasteiger partial charge is 0.337 e. The first kappa shape index (κ1) is 12.9. The van der Waals surface area contributed by atoms with E-state index in [0.29, 0.717) is 5.82 Å². The molecule has 3 aromatic heterocycles. The third-order valence-corrected chi connectivity index (χ3v) is 3.75. The Balaban J connectivity index is 1.85. The molecule has 0 saturated heterocycles. The number of H-pyrrole nitrogens is 4. The molecule has 0 unspecified atom stereocenters. The molecule has 112 valence electrons. The molecule has 4 rings (SSSR count). The highest BCUT2D eigenvalue weighted by atomic mass is 16.1. The van der Waals surface area contributed by atoms with Gasteiger partial charge in [0.05, 0.1) is 22.1 Å². The van der Waals surface area contributed by atoms with Gasteiger partial charge in [0.25, 0.3) is 0 Å². The number of nitrogens with one attached hydrogen (secondary N) is 4. The summed E-state index contributed by atoms with van der Waals surface area (Å²) in [5, 5.41) is 7.40. The van der Waals surface area contributed by atoms with Gasteiger partial charge in [-0.1, -0.05) is 20.8 Å². The Kier molecular flexibility index (Phi) is 2.40. The van der Waals surface area contributed by atoms with Gasteiger partial charge in [-0.25, -0.2) is 9.78 Å². The number of imidazole rings is 2. The van der Waals surface area contributed by atoms with Crippen LogP contribution in [0.15, 0.2) is 23.0 Å². The average molecular weight is 296 g/mol. The molecule has 0 radical (unpaired) electrons. The number of nitrogens with zero attached hydrogens (tertiary/aromatic N) is 2. The maximum absolute atomic E-state index is 11.3. The summed E-state index contributed by atoms with van der Waals surface area (Å²) in [4.78, 5) is 24.6. The molecule has 4 N–H and O–H groups in total. The van der Waals surface area contributed by atoms with E-state index in [1.165, 1.54) is 0 Å². The van der Waals surface area contributed by atoms with Crippen molar-refractivity contribution < 1.29 is 0 Å². The molecule has 22 heavy (non-hydrogen) atoms. The summed E-state index contributed by atoms with van der Waals surface area (Å²) >= 11 is 0. The second-order valence-corrected chi connectivity index (χ2v) is 6.50. The van der Waals surface area contributed by atoms with Crippen LogP contribution in [0.3, 0.4) is 0 Å². The van der Waals surface area contributed by atoms with Crippen molar-refractivity contribution >= 4 is 22.1 Å². The van der Waals surface area contributed by atoms with Crippen LogP contribution >= 0.6 is 0 Å². The van der Waals surface area contributed by atoms with E-state index in [2.05, 4.69) is 50.9 Å². The molecule has 0 amide bonds. The van der Waals surface area contributed by atoms with Crippen molar-refractivity contribution in [2.24, 2.45) is 0 Å². The number of aromatic nitrogens is 6. The minimum Gasteiger partial charge on any atom is -0.337 e. The molecule has 0 fully saturated rings. The maximum Gasteiger partial charge on any atom is 0.323 e. The van der Waals surface area contributed by atoms with E-state index in [1.54, 1.807) is 0 Å². The van der Waals surface area contributed by atoms with Gasteiger partial charge in [-0.05, 0) is 18.2 Å². The highest BCUT2D eigenvalue weighted by molar-refractivity contribution is 5.92. The van der Waals surface area contributed by atoms with Crippen LogP contribution < -0.4 is 5.69 Å². The highest BCUT2D eigenvalue weighted by Gasteiger charge is 2.18. The molecule has 0 atom stereocenters. The van der Waals surface area contributed by atoms with Crippen LogP contribution in [-0.2, 0) is 5.41 Å². The molecule has 0 aliphatic rings. The van der Waals surface area contributed by atoms with Gasteiger partial charge in [-0.15, -0.1) is 0 Å². The Morgan fingerprint density at radius 3 is 2.36 bits per heavy atom. The highest BCUT2D eigenvalue weighted by Crippen LogP contribution is 2.26. The van der Waals surface area contributed by atoms with E-state index >= 15 is 0 Å². The first-order valence-electron chi connectivity index (χ1n) is 7.08. The predicted octanol–water partition coefficient (Wildman–Crippen LogP) is 2.42. The first-order chi connectivity index (χ1) is 10.4. The lowest BCUT2D eigenvalue weighted by atomic mass is 9.92. The van der Waals surface area contributed by atoms with Gasteiger partial charge in [0.15, 0.2) is 5.82 Å². The maximum atomic E-state index is 11.3. The molecular formula is C15H16N6O. The van der Waals surface area contributed by atoms with Crippen molar-refractivity contribution in [1.82, 2.24) is 30.1 Å². The van der Waals surface area contributed by atoms with Crippen LogP contribution in [0.5, 0.6) is 0 Å². The van der Waals surface area contributed by atoms with E-state index in [4.69, 9.17) is 0 Å². The molecule has 4 aromatic rings. The van der Waals surface area contributed by atoms with E-state index < -0.39 is 0 Å². The van der Waals surface area contributed by atoms with Gasteiger partial charge in [0.1, 0.15) is 5.69 Å². The lowest BCUT2D eigenvalue weighted by Crippen LogP contribution is -2.11. The zero-order valence-corrected chi connectivity index (χ0v) is 12.5. The standard InChI is InChI=1S/C15H16N6O/c1-15(2,3)12-6-11(20-21-12)13-16-7-4-9-10(5-8(7)17-13)19-14(22)18-9/h4-6H,1-3H3,(H,16,17)(H,20,21)(H2,18,19,22). The SMILES string of the molecule is CC(C)(C)c1cc(-c2nc3cc4[nH]c(=O)[nH]c4cc3[nH]2)n[nH]1. The summed E-state index contributed by atoms with van der Waals surface area (Å²) in [6.45, 7) is 6.38. The molecule has 1 aromatic carbocycles. The summed E-state index contributed by atoms with van der Waals surface area (Å²) in [6.07, 6.45) is 0. The Morgan fingerprint density at radius 2 is 1.68 bits per heavy atom. The minimum absolute atomic E-state index is 0.00659. The Hall–Kier alpha value is -2.83. The Morgan fingerprint density at radius 1 is 0.955 bits per heavy atom. The van der Waals surface area contributed by atoms with E-state index in [-0.39, 0.29) is 11.1 Å². The van der Waals surface area contributed by atoms with Crippen molar-refractivity contribution in [2.75, 3.05) is 0 Å². The van der Waals surface area contributed by atoms with Gasteiger partial charge < -0.3 is 15.0 Å². The normalized spacial score (nSPS) is 12.5. The van der Waals surface area contributed by atoms with Crippen molar-refractivity contribution in [2.45, 2.75) is 26.2 Å². The topological polar surface area (TPSA) is 106 Å². The zero-order chi connectivity index (χ0) is 15.5. The van der Waals surface area contributed by atoms with Crippen LogP contribution in [0.2, 0.25) is 0 Å². The van der Waals surface area contributed by atoms with Crippen LogP contribution in [0.25, 0.3) is 33.6 Å². The van der Waals surface area contributed by atoms with Crippen LogP contribution in [-0.4, -0.2) is 30.1 Å². The predicted molar refractivity (Wildman–Crippen MR) is 84.9 cm³/mol. The smallest absolute Gasteiger partial charge is 0.323 e. The quantitative estimate of drug-likeness (QED) is 0.433. The molecule has 0 spiro atoms. The van der Waals surface area contributed by atoms with Gasteiger partial charge in [0, 0.05) is 11.1 Å². The number of rotatable bonds is 1.